The lowest BCUT2D eigenvalue weighted by Crippen LogP contribution is -2.50. The zero-order chi connectivity index (χ0) is 17.1. The van der Waals surface area contributed by atoms with Crippen LogP contribution in [0.4, 0.5) is 0 Å². The van der Waals surface area contributed by atoms with E-state index < -0.39 is 0 Å². The summed E-state index contributed by atoms with van der Waals surface area (Å²) in [6.45, 7) is 3.64. The molecule has 1 unspecified atom stereocenters. The molecule has 24 heavy (non-hydrogen) atoms. The highest BCUT2D eigenvalue weighted by Gasteiger charge is 2.32. The van der Waals surface area contributed by atoms with Gasteiger partial charge in [0.2, 0.25) is 5.91 Å². The number of rotatable bonds is 4. The van der Waals surface area contributed by atoms with Gasteiger partial charge in [0.15, 0.2) is 11.6 Å². The van der Waals surface area contributed by atoms with Gasteiger partial charge in [-0.15, -0.1) is 10.2 Å². The summed E-state index contributed by atoms with van der Waals surface area (Å²) in [6.07, 6.45) is 0.288. The van der Waals surface area contributed by atoms with Crippen LogP contribution in [0.3, 0.4) is 0 Å². The molecule has 3 rings (SSSR count). The Kier molecular flexibility index (Phi) is 4.66. The summed E-state index contributed by atoms with van der Waals surface area (Å²) in [5.41, 5.74) is 1.53. The summed E-state index contributed by atoms with van der Waals surface area (Å²) < 4.78 is 0. The maximum Gasteiger partial charge on any atom is 0.227 e. The number of aromatic nitrogens is 4. The first-order valence-corrected chi connectivity index (χ1v) is 7.86. The Labute approximate surface area is 139 Å². The van der Waals surface area contributed by atoms with Crippen LogP contribution in [0.1, 0.15) is 34.7 Å². The molecule has 1 aliphatic rings. The Morgan fingerprint density at radius 2 is 2.00 bits per heavy atom. The van der Waals surface area contributed by atoms with Crippen molar-refractivity contribution >= 4 is 11.7 Å². The predicted molar refractivity (Wildman–Crippen MR) is 86.3 cm³/mol. The van der Waals surface area contributed by atoms with Crippen LogP contribution in [0.2, 0.25) is 0 Å². The van der Waals surface area contributed by atoms with E-state index in [9.17, 15) is 9.59 Å². The second kappa shape index (κ2) is 6.88. The van der Waals surface area contributed by atoms with E-state index in [0.29, 0.717) is 24.5 Å². The molecule has 8 nitrogen and oxygen atoms in total. The number of carbonyl (C=O) groups excluding carboxylic acids is 2. The molecule has 1 fully saturated rings. The second-order valence-electron chi connectivity index (χ2n) is 6.07. The lowest BCUT2D eigenvalue weighted by atomic mass is 10.0. The monoisotopic (exact) mass is 328 g/mol. The molecule has 0 spiro atoms. The Bertz CT molecular complexity index is 713. The molecule has 1 saturated heterocycles. The Morgan fingerprint density at radius 3 is 2.62 bits per heavy atom. The van der Waals surface area contributed by atoms with Gasteiger partial charge in [0, 0.05) is 25.2 Å². The molecule has 0 bridgehead atoms. The Balaban J connectivity index is 1.73. The number of nitrogens with zero attached hydrogens (tertiary/aromatic N) is 5. The zero-order valence-electron chi connectivity index (χ0n) is 13.8. The molecule has 0 aliphatic carbocycles. The van der Waals surface area contributed by atoms with Crippen LogP contribution in [0.25, 0.3) is 0 Å². The van der Waals surface area contributed by atoms with E-state index in [1.165, 1.54) is 6.92 Å². The molecule has 1 aromatic carbocycles. The molecule has 0 saturated carbocycles. The van der Waals surface area contributed by atoms with Gasteiger partial charge in [-0.3, -0.25) is 9.59 Å². The number of tetrazole rings is 1. The number of amides is 1. The third kappa shape index (κ3) is 3.48. The molecule has 1 N–H and O–H groups in total. The quantitative estimate of drug-likeness (QED) is 0.819. The number of hydrogen-bond acceptors (Lipinski definition) is 6. The van der Waals surface area contributed by atoms with Crippen LogP contribution in [0, 0.1) is 0 Å². The summed E-state index contributed by atoms with van der Waals surface area (Å²) in [4.78, 5) is 28.0. The normalized spacial score (nSPS) is 18.6. The third-order valence-electron chi connectivity index (χ3n) is 4.28. The van der Waals surface area contributed by atoms with Crippen molar-refractivity contribution in [1.82, 2.24) is 30.4 Å². The predicted octanol–water partition coefficient (Wildman–Crippen LogP) is 0.460. The molecule has 126 valence electrons. The molecular weight excluding hydrogens is 308 g/mol. The number of carbonyl (C=O) groups is 2. The molecule has 1 aliphatic heterocycles. The first kappa shape index (κ1) is 16.3. The second-order valence-corrected chi connectivity index (χ2v) is 6.07. The minimum absolute atomic E-state index is 0.0177. The molecule has 1 atom stereocenters. The van der Waals surface area contributed by atoms with Gasteiger partial charge in [-0.1, -0.05) is 29.5 Å². The van der Waals surface area contributed by atoms with Crippen molar-refractivity contribution in [2.45, 2.75) is 19.4 Å². The number of nitrogens with one attached hydrogen (secondary N) is 1. The van der Waals surface area contributed by atoms with Crippen molar-refractivity contribution in [3.05, 3.63) is 41.2 Å². The highest BCUT2D eigenvalue weighted by molar-refractivity contribution is 5.94. The van der Waals surface area contributed by atoms with Crippen LogP contribution >= 0.6 is 0 Å². The molecule has 2 aromatic rings. The van der Waals surface area contributed by atoms with Crippen molar-refractivity contribution < 1.29 is 9.59 Å². The average molecular weight is 328 g/mol. The first-order valence-electron chi connectivity index (χ1n) is 7.86. The standard InChI is InChI=1S/C16H20N6O2/c1-11(23)13-5-3-12(4-6-13)9-15(24)22-8-7-21(2)10-14(22)16-17-19-20-18-16/h3-6,14H,7-10H2,1-2H3,(H,17,18,19,20). The number of benzene rings is 1. The lowest BCUT2D eigenvalue weighted by Gasteiger charge is -2.38. The smallest absolute Gasteiger partial charge is 0.227 e. The van der Waals surface area contributed by atoms with Gasteiger partial charge in [-0.25, -0.2) is 0 Å². The summed E-state index contributed by atoms with van der Waals surface area (Å²) in [5, 5.41) is 14.1. The number of aromatic amines is 1. The fraction of sp³-hybridized carbons (Fsp3) is 0.438. The van der Waals surface area contributed by atoms with Crippen LogP contribution in [-0.2, 0) is 11.2 Å². The van der Waals surface area contributed by atoms with Crippen molar-refractivity contribution in [3.8, 4) is 0 Å². The Morgan fingerprint density at radius 1 is 1.25 bits per heavy atom. The van der Waals surface area contributed by atoms with Gasteiger partial charge in [-0.05, 0) is 19.5 Å². The highest BCUT2D eigenvalue weighted by Crippen LogP contribution is 2.22. The van der Waals surface area contributed by atoms with Crippen LogP contribution < -0.4 is 0 Å². The molecule has 1 aromatic heterocycles. The number of piperazine rings is 1. The van der Waals surface area contributed by atoms with E-state index in [-0.39, 0.29) is 24.2 Å². The fourth-order valence-electron chi connectivity index (χ4n) is 2.88. The van der Waals surface area contributed by atoms with E-state index >= 15 is 0 Å². The Hall–Kier alpha value is -2.61. The van der Waals surface area contributed by atoms with E-state index in [4.69, 9.17) is 0 Å². The van der Waals surface area contributed by atoms with E-state index in [1.54, 1.807) is 12.1 Å². The molecular formula is C16H20N6O2. The first-order chi connectivity index (χ1) is 11.5. The van der Waals surface area contributed by atoms with Crippen LogP contribution in [-0.4, -0.2) is 68.8 Å². The summed E-state index contributed by atoms with van der Waals surface area (Å²) in [6, 6.07) is 6.96. The summed E-state index contributed by atoms with van der Waals surface area (Å²) in [5.74, 6) is 0.569. The van der Waals surface area contributed by atoms with E-state index in [0.717, 1.165) is 12.1 Å². The van der Waals surface area contributed by atoms with Gasteiger partial charge in [-0.2, -0.15) is 5.21 Å². The SMILES string of the molecule is CC(=O)c1ccc(CC(=O)N2CCN(C)CC2c2nn[nH]n2)cc1. The maximum absolute atomic E-state index is 12.8. The third-order valence-corrected chi connectivity index (χ3v) is 4.28. The van der Waals surface area contributed by atoms with Gasteiger partial charge in [0.1, 0.15) is 6.04 Å². The van der Waals surface area contributed by atoms with Gasteiger partial charge in [0.25, 0.3) is 0 Å². The van der Waals surface area contributed by atoms with Gasteiger partial charge >= 0.3 is 0 Å². The highest BCUT2D eigenvalue weighted by atomic mass is 16.2. The lowest BCUT2D eigenvalue weighted by molar-refractivity contribution is -0.135. The van der Waals surface area contributed by atoms with Crippen LogP contribution in [0.5, 0.6) is 0 Å². The molecule has 1 amide bonds. The largest absolute Gasteiger partial charge is 0.329 e. The minimum Gasteiger partial charge on any atom is -0.329 e. The molecule has 8 heteroatoms. The van der Waals surface area contributed by atoms with Crippen molar-refractivity contribution in [2.24, 2.45) is 0 Å². The molecule has 0 radical (unpaired) electrons. The fourth-order valence-corrected chi connectivity index (χ4v) is 2.88. The topological polar surface area (TPSA) is 95.1 Å². The summed E-state index contributed by atoms with van der Waals surface area (Å²) in [7, 11) is 2.01. The van der Waals surface area contributed by atoms with Gasteiger partial charge in [0.05, 0.1) is 6.42 Å². The van der Waals surface area contributed by atoms with Crippen LogP contribution in [0.15, 0.2) is 24.3 Å². The van der Waals surface area contributed by atoms with E-state index in [2.05, 4.69) is 25.5 Å². The van der Waals surface area contributed by atoms with Gasteiger partial charge < -0.3 is 9.80 Å². The number of H-pyrrole nitrogens is 1. The molecule has 2 heterocycles. The number of Topliss-reactive ketones (excluding diaryl/α,β-unsaturated/α-hetero) is 1. The van der Waals surface area contributed by atoms with Crippen molar-refractivity contribution in [2.75, 3.05) is 26.7 Å². The average Bonchev–Trinajstić information content (AvgIpc) is 3.09. The minimum atomic E-state index is -0.202. The zero-order valence-corrected chi connectivity index (χ0v) is 13.8. The number of likely N-dealkylation sites (N-methyl/N-ethyl adjacent to an activating group) is 1. The summed E-state index contributed by atoms with van der Waals surface area (Å²) >= 11 is 0. The number of hydrogen-bond donors (Lipinski definition) is 1. The number of ketones is 1. The maximum atomic E-state index is 12.8. The van der Waals surface area contributed by atoms with E-state index in [1.807, 2.05) is 24.1 Å². The van der Waals surface area contributed by atoms with Crippen molar-refractivity contribution in [1.29, 1.82) is 0 Å². The van der Waals surface area contributed by atoms with Crippen molar-refractivity contribution in [3.63, 3.8) is 0 Å².